The second-order valence-electron chi connectivity index (χ2n) is 6.66. The number of rotatable bonds is 14. The van der Waals surface area contributed by atoms with Gasteiger partial charge in [-0.05, 0) is 45.3 Å². The molecule has 196 valence electrons. The molecule has 0 atom stereocenters. The van der Waals surface area contributed by atoms with Gasteiger partial charge in [0.05, 0.1) is 19.6 Å². The summed E-state index contributed by atoms with van der Waals surface area (Å²) in [7, 11) is 3.03. The molecule has 12 heteroatoms. The number of imide groups is 1. The SMILES string of the molecule is C.COCCC(=O)NCCCCN.COCCC(=O)ON1C(=O)CCC1=O.NCCCCN. The number of amides is 3. The summed E-state index contributed by atoms with van der Waals surface area (Å²) < 4.78 is 9.40. The minimum atomic E-state index is -0.643. The summed E-state index contributed by atoms with van der Waals surface area (Å²) in [6.45, 7) is 3.65. The van der Waals surface area contributed by atoms with Crippen molar-refractivity contribution in [3.63, 3.8) is 0 Å². The number of methoxy groups -OCH3 is 2. The number of nitrogens with zero attached hydrogens (tertiary/aromatic N) is 1. The van der Waals surface area contributed by atoms with Crippen LogP contribution in [0.2, 0.25) is 0 Å². The van der Waals surface area contributed by atoms with Crippen LogP contribution < -0.4 is 22.5 Å². The number of carbonyl (C=O) groups is 4. The molecule has 0 aromatic heterocycles. The smallest absolute Gasteiger partial charge is 0.335 e. The van der Waals surface area contributed by atoms with Crippen LogP contribution in [0, 0.1) is 0 Å². The van der Waals surface area contributed by atoms with E-state index in [1.165, 1.54) is 7.11 Å². The first-order valence-corrected chi connectivity index (χ1v) is 10.8. The predicted molar refractivity (Wildman–Crippen MR) is 126 cm³/mol. The number of ether oxygens (including phenoxy) is 2. The zero-order chi connectivity index (χ0) is 24.6. The molecule has 1 rings (SSSR count). The highest BCUT2D eigenvalue weighted by Crippen LogP contribution is 2.12. The van der Waals surface area contributed by atoms with Crippen molar-refractivity contribution >= 4 is 23.7 Å². The Morgan fingerprint density at radius 1 is 0.848 bits per heavy atom. The fourth-order valence-electron chi connectivity index (χ4n) is 2.06. The van der Waals surface area contributed by atoms with Crippen molar-refractivity contribution < 1.29 is 33.5 Å². The van der Waals surface area contributed by atoms with Gasteiger partial charge in [0.25, 0.3) is 11.8 Å². The van der Waals surface area contributed by atoms with Crippen LogP contribution in [0.25, 0.3) is 0 Å². The molecule has 0 saturated carbocycles. The Morgan fingerprint density at radius 3 is 1.76 bits per heavy atom. The molecule has 0 spiro atoms. The van der Waals surface area contributed by atoms with E-state index < -0.39 is 17.8 Å². The summed E-state index contributed by atoms with van der Waals surface area (Å²) in [6.07, 6.45) is 4.73. The molecule has 33 heavy (non-hydrogen) atoms. The number of nitrogens with one attached hydrogen (secondary N) is 1. The quantitative estimate of drug-likeness (QED) is 0.192. The molecule has 1 saturated heterocycles. The van der Waals surface area contributed by atoms with E-state index in [-0.39, 0.29) is 39.2 Å². The Morgan fingerprint density at radius 2 is 1.30 bits per heavy atom. The number of hydrogen-bond acceptors (Lipinski definition) is 10. The van der Waals surface area contributed by atoms with Crippen molar-refractivity contribution in [3.8, 4) is 0 Å². The van der Waals surface area contributed by atoms with Crippen LogP contribution in [-0.2, 0) is 33.5 Å². The normalized spacial score (nSPS) is 12.1. The van der Waals surface area contributed by atoms with Crippen molar-refractivity contribution in [2.45, 2.75) is 58.8 Å². The van der Waals surface area contributed by atoms with Gasteiger partial charge in [0.1, 0.15) is 0 Å². The lowest BCUT2D eigenvalue weighted by atomic mass is 10.3. The Bertz CT molecular complexity index is 501. The van der Waals surface area contributed by atoms with Crippen molar-refractivity contribution in [1.29, 1.82) is 0 Å². The fourth-order valence-corrected chi connectivity index (χ4v) is 2.06. The van der Waals surface area contributed by atoms with Crippen LogP contribution in [0.1, 0.15) is 58.8 Å². The molecule has 0 unspecified atom stereocenters. The maximum Gasteiger partial charge on any atom is 0.335 e. The molecule has 12 nitrogen and oxygen atoms in total. The number of nitrogens with two attached hydrogens (primary N) is 3. The number of carbonyl (C=O) groups excluding carboxylic acids is 4. The molecule has 0 aromatic rings. The molecular weight excluding hydrogens is 434 g/mol. The second kappa shape index (κ2) is 26.1. The first kappa shape index (κ1) is 35.5. The van der Waals surface area contributed by atoms with Crippen molar-refractivity contribution in [3.05, 3.63) is 0 Å². The van der Waals surface area contributed by atoms with Gasteiger partial charge in [0.2, 0.25) is 5.91 Å². The average Bonchev–Trinajstić information content (AvgIpc) is 3.10. The number of hydroxylamine groups is 2. The highest BCUT2D eigenvalue weighted by atomic mass is 16.7. The van der Waals surface area contributed by atoms with E-state index in [1.54, 1.807) is 7.11 Å². The lowest BCUT2D eigenvalue weighted by molar-refractivity contribution is -0.198. The summed E-state index contributed by atoms with van der Waals surface area (Å²) >= 11 is 0. The number of hydrogen-bond donors (Lipinski definition) is 4. The fraction of sp³-hybridized carbons (Fsp3) is 0.810. The van der Waals surface area contributed by atoms with Crippen molar-refractivity contribution in [2.24, 2.45) is 17.2 Å². The van der Waals surface area contributed by atoms with E-state index in [4.69, 9.17) is 21.9 Å². The predicted octanol–water partition coefficient (Wildman–Crippen LogP) is -0.172. The third-order valence-corrected chi connectivity index (χ3v) is 3.85. The molecule has 1 aliphatic heterocycles. The van der Waals surface area contributed by atoms with E-state index in [0.717, 1.165) is 45.3 Å². The molecule has 3 amide bonds. The van der Waals surface area contributed by atoms with Gasteiger partial charge in [-0.2, -0.15) is 0 Å². The molecule has 0 aliphatic carbocycles. The highest BCUT2D eigenvalue weighted by molar-refractivity contribution is 6.01. The maximum absolute atomic E-state index is 11.0. The van der Waals surface area contributed by atoms with Gasteiger partial charge < -0.3 is 36.8 Å². The monoisotopic (exact) mass is 479 g/mol. The Balaban J connectivity index is -0.000000434. The molecule has 1 fully saturated rings. The van der Waals surface area contributed by atoms with Gasteiger partial charge in [-0.25, -0.2) is 4.79 Å². The van der Waals surface area contributed by atoms with Crippen molar-refractivity contribution in [2.75, 3.05) is 53.6 Å². The second-order valence-corrected chi connectivity index (χ2v) is 6.66. The summed E-state index contributed by atoms with van der Waals surface area (Å²) in [5.41, 5.74) is 15.6. The van der Waals surface area contributed by atoms with E-state index in [1.807, 2.05) is 0 Å². The minimum absolute atomic E-state index is 0. The number of unbranched alkanes of at least 4 members (excludes halogenated alkanes) is 2. The maximum atomic E-state index is 11.0. The van der Waals surface area contributed by atoms with Crippen LogP contribution in [0.4, 0.5) is 0 Å². The lowest BCUT2D eigenvalue weighted by Crippen LogP contribution is -2.32. The molecule has 1 heterocycles. The van der Waals surface area contributed by atoms with Gasteiger partial charge in [-0.1, -0.05) is 7.43 Å². The van der Waals surface area contributed by atoms with Crippen LogP contribution >= 0.6 is 0 Å². The third kappa shape index (κ3) is 22.9. The Kier molecular flexibility index (Phi) is 28.1. The first-order chi connectivity index (χ1) is 15.4. The molecule has 7 N–H and O–H groups in total. The zero-order valence-corrected chi connectivity index (χ0v) is 19.4. The van der Waals surface area contributed by atoms with Crippen LogP contribution in [0.15, 0.2) is 0 Å². The highest BCUT2D eigenvalue weighted by Gasteiger charge is 2.32. The standard InChI is InChI=1S/C8H18N2O2.C8H11NO5.C4H12N2.CH4/c1-12-7-4-8(11)10-6-3-2-5-9;1-13-5-4-8(12)14-9-6(10)2-3-7(9)11;5-3-1-2-4-6;/h2-7,9H2,1H3,(H,10,11);2-5H2,1H3;1-6H2;1H4. The Labute approximate surface area is 197 Å². The first-order valence-electron chi connectivity index (χ1n) is 10.8. The summed E-state index contributed by atoms with van der Waals surface area (Å²) in [5.74, 6) is -1.54. The van der Waals surface area contributed by atoms with Crippen molar-refractivity contribution in [1.82, 2.24) is 10.4 Å². The van der Waals surface area contributed by atoms with Gasteiger partial charge in [0.15, 0.2) is 0 Å². The Hall–Kier alpha value is -2.12. The lowest BCUT2D eigenvalue weighted by Gasteiger charge is -2.11. The van der Waals surface area contributed by atoms with Crippen LogP contribution in [-0.4, -0.2) is 82.4 Å². The summed E-state index contributed by atoms with van der Waals surface area (Å²) in [5, 5.41) is 3.30. The van der Waals surface area contributed by atoms with Crippen LogP contribution in [0.5, 0.6) is 0 Å². The largest absolute Gasteiger partial charge is 0.384 e. The summed E-state index contributed by atoms with van der Waals surface area (Å²) in [6, 6.07) is 0. The summed E-state index contributed by atoms with van der Waals surface area (Å²) in [4.78, 5) is 48.5. The van der Waals surface area contributed by atoms with E-state index in [9.17, 15) is 19.2 Å². The van der Waals surface area contributed by atoms with Gasteiger partial charge in [0, 0.05) is 40.0 Å². The van der Waals surface area contributed by atoms with E-state index in [0.29, 0.717) is 24.6 Å². The minimum Gasteiger partial charge on any atom is -0.384 e. The third-order valence-electron chi connectivity index (χ3n) is 3.85. The van der Waals surface area contributed by atoms with E-state index in [2.05, 4.69) is 14.9 Å². The molecular formula is C21H45N5O7. The molecule has 0 radical (unpaired) electrons. The molecule has 0 aromatic carbocycles. The topological polar surface area (TPSA) is 189 Å². The van der Waals surface area contributed by atoms with E-state index >= 15 is 0 Å². The zero-order valence-electron chi connectivity index (χ0n) is 19.4. The molecule has 0 bridgehead atoms. The van der Waals surface area contributed by atoms with Gasteiger partial charge in [-0.15, -0.1) is 5.06 Å². The van der Waals surface area contributed by atoms with Gasteiger partial charge in [-0.3, -0.25) is 14.4 Å². The molecule has 1 aliphatic rings. The van der Waals surface area contributed by atoms with Crippen LogP contribution in [0.3, 0.4) is 0 Å². The average molecular weight is 480 g/mol. The van der Waals surface area contributed by atoms with Gasteiger partial charge >= 0.3 is 5.97 Å².